The molecule has 1 saturated carbocycles. The second-order valence-electron chi connectivity index (χ2n) is 5.65. The molecule has 0 saturated heterocycles. The van der Waals surface area contributed by atoms with Crippen LogP contribution in [0, 0.1) is 0 Å². The van der Waals surface area contributed by atoms with Gasteiger partial charge in [0.1, 0.15) is 0 Å². The molecule has 2 amide bonds. The minimum Gasteiger partial charge on any atom is -0.356 e. The maximum Gasteiger partial charge on any atom is 0.416 e. The SMILES string of the molecule is O=C(Nc1ccc(Nc2ccc(C(F)(F)F)cc2)cc1)NC1CC1. The van der Waals surface area contributed by atoms with Gasteiger partial charge in [0.2, 0.25) is 0 Å². The van der Waals surface area contributed by atoms with Gasteiger partial charge in [-0.05, 0) is 61.4 Å². The molecule has 24 heavy (non-hydrogen) atoms. The molecule has 0 unspecified atom stereocenters. The van der Waals surface area contributed by atoms with Gasteiger partial charge in [0.15, 0.2) is 0 Å². The molecular weight excluding hydrogens is 319 g/mol. The Labute approximate surface area is 137 Å². The van der Waals surface area contributed by atoms with Crippen molar-refractivity contribution in [2.24, 2.45) is 0 Å². The lowest BCUT2D eigenvalue weighted by molar-refractivity contribution is -0.137. The lowest BCUT2D eigenvalue weighted by Crippen LogP contribution is -2.30. The monoisotopic (exact) mass is 335 g/mol. The van der Waals surface area contributed by atoms with Crippen molar-refractivity contribution < 1.29 is 18.0 Å². The van der Waals surface area contributed by atoms with Gasteiger partial charge < -0.3 is 16.0 Å². The number of benzene rings is 2. The number of rotatable bonds is 4. The number of carbonyl (C=O) groups is 1. The summed E-state index contributed by atoms with van der Waals surface area (Å²) < 4.78 is 37.6. The van der Waals surface area contributed by atoms with E-state index < -0.39 is 11.7 Å². The average Bonchev–Trinajstić information content (AvgIpc) is 3.33. The Morgan fingerprint density at radius 1 is 0.875 bits per heavy atom. The van der Waals surface area contributed by atoms with Crippen LogP contribution in [0.5, 0.6) is 0 Å². The Balaban J connectivity index is 1.58. The highest BCUT2D eigenvalue weighted by atomic mass is 19.4. The van der Waals surface area contributed by atoms with Crippen LogP contribution < -0.4 is 16.0 Å². The van der Waals surface area contributed by atoms with Gasteiger partial charge in [0, 0.05) is 23.1 Å². The first kappa shape index (κ1) is 16.2. The van der Waals surface area contributed by atoms with Crippen LogP contribution in [0.1, 0.15) is 18.4 Å². The van der Waals surface area contributed by atoms with Crippen LogP contribution in [0.4, 0.5) is 35.0 Å². The molecule has 126 valence electrons. The Morgan fingerprint density at radius 2 is 1.38 bits per heavy atom. The summed E-state index contributed by atoms with van der Waals surface area (Å²) in [7, 11) is 0. The molecule has 2 aromatic rings. The lowest BCUT2D eigenvalue weighted by atomic mass is 10.2. The van der Waals surface area contributed by atoms with Gasteiger partial charge in [-0.2, -0.15) is 13.2 Å². The summed E-state index contributed by atoms with van der Waals surface area (Å²) in [6.45, 7) is 0. The van der Waals surface area contributed by atoms with Crippen LogP contribution in [0.2, 0.25) is 0 Å². The Hall–Kier alpha value is -2.70. The van der Waals surface area contributed by atoms with E-state index in [0.717, 1.165) is 25.0 Å². The van der Waals surface area contributed by atoms with Crippen molar-refractivity contribution in [2.75, 3.05) is 10.6 Å². The summed E-state index contributed by atoms with van der Waals surface area (Å²) in [5.41, 5.74) is 1.22. The average molecular weight is 335 g/mol. The van der Waals surface area contributed by atoms with Crippen LogP contribution in [-0.2, 0) is 6.18 Å². The molecule has 1 aliphatic rings. The van der Waals surface area contributed by atoms with Gasteiger partial charge in [-0.15, -0.1) is 0 Å². The van der Waals surface area contributed by atoms with E-state index in [1.165, 1.54) is 12.1 Å². The first-order valence-electron chi connectivity index (χ1n) is 7.52. The largest absolute Gasteiger partial charge is 0.416 e. The standard InChI is InChI=1S/C17H16F3N3O/c18-17(19,20)11-1-3-12(4-2-11)21-13-5-7-14(8-6-13)22-16(24)23-15-9-10-15/h1-8,15,21H,9-10H2,(H2,22,23,24). The molecule has 3 rings (SSSR count). The number of hydrogen-bond acceptors (Lipinski definition) is 2. The van der Waals surface area contributed by atoms with Gasteiger partial charge in [0.05, 0.1) is 5.56 Å². The van der Waals surface area contributed by atoms with Crippen molar-refractivity contribution in [2.45, 2.75) is 25.1 Å². The van der Waals surface area contributed by atoms with Crippen LogP contribution in [0.15, 0.2) is 48.5 Å². The summed E-state index contributed by atoms with van der Waals surface area (Å²) in [5.74, 6) is 0. The van der Waals surface area contributed by atoms with Crippen LogP contribution in [-0.4, -0.2) is 12.1 Å². The third-order valence-electron chi connectivity index (χ3n) is 3.56. The predicted molar refractivity (Wildman–Crippen MR) is 86.3 cm³/mol. The van der Waals surface area contributed by atoms with Crippen molar-refractivity contribution in [1.29, 1.82) is 0 Å². The smallest absolute Gasteiger partial charge is 0.356 e. The van der Waals surface area contributed by atoms with Crippen molar-refractivity contribution in [3.63, 3.8) is 0 Å². The van der Waals surface area contributed by atoms with E-state index in [1.807, 2.05) is 0 Å². The van der Waals surface area contributed by atoms with Crippen molar-refractivity contribution in [1.82, 2.24) is 5.32 Å². The molecule has 2 aromatic carbocycles. The van der Waals surface area contributed by atoms with E-state index in [1.54, 1.807) is 24.3 Å². The summed E-state index contributed by atoms with van der Waals surface area (Å²) in [6, 6.07) is 11.8. The van der Waals surface area contributed by atoms with Crippen LogP contribution >= 0.6 is 0 Å². The van der Waals surface area contributed by atoms with E-state index in [0.29, 0.717) is 17.1 Å². The predicted octanol–water partition coefficient (Wildman–Crippen LogP) is 4.73. The number of hydrogen-bond donors (Lipinski definition) is 3. The highest BCUT2D eigenvalue weighted by molar-refractivity contribution is 5.89. The Kier molecular flexibility index (Phi) is 4.33. The van der Waals surface area contributed by atoms with E-state index in [-0.39, 0.29) is 12.1 Å². The number of anilines is 3. The minimum atomic E-state index is -4.34. The molecule has 0 atom stereocenters. The molecule has 0 heterocycles. The second-order valence-corrected chi connectivity index (χ2v) is 5.65. The first-order valence-corrected chi connectivity index (χ1v) is 7.52. The Bertz CT molecular complexity index is 707. The van der Waals surface area contributed by atoms with Gasteiger partial charge in [-0.1, -0.05) is 0 Å². The zero-order chi connectivity index (χ0) is 17.2. The fourth-order valence-corrected chi connectivity index (χ4v) is 2.13. The van der Waals surface area contributed by atoms with Crippen LogP contribution in [0.3, 0.4) is 0 Å². The number of carbonyl (C=O) groups excluding carboxylic acids is 1. The first-order chi connectivity index (χ1) is 11.4. The maximum atomic E-state index is 12.5. The number of halogens is 3. The van der Waals surface area contributed by atoms with Crippen molar-refractivity contribution in [3.8, 4) is 0 Å². The minimum absolute atomic E-state index is 0.235. The number of urea groups is 1. The molecule has 3 N–H and O–H groups in total. The maximum absolute atomic E-state index is 12.5. The molecule has 1 fully saturated rings. The molecule has 0 aliphatic heterocycles. The summed E-state index contributed by atoms with van der Waals surface area (Å²) in [4.78, 5) is 11.6. The quantitative estimate of drug-likeness (QED) is 0.756. The van der Waals surface area contributed by atoms with Crippen molar-refractivity contribution >= 4 is 23.1 Å². The Morgan fingerprint density at radius 3 is 1.88 bits per heavy atom. The number of alkyl halides is 3. The van der Waals surface area contributed by atoms with E-state index in [9.17, 15) is 18.0 Å². The number of nitrogens with one attached hydrogen (secondary N) is 3. The zero-order valence-electron chi connectivity index (χ0n) is 12.7. The number of amides is 2. The highest BCUT2D eigenvalue weighted by Gasteiger charge is 2.29. The summed E-state index contributed by atoms with van der Waals surface area (Å²) in [5, 5.41) is 8.55. The lowest BCUT2D eigenvalue weighted by Gasteiger charge is -2.11. The molecule has 1 aliphatic carbocycles. The van der Waals surface area contributed by atoms with Gasteiger partial charge in [0.25, 0.3) is 0 Å². The topological polar surface area (TPSA) is 53.2 Å². The molecular formula is C17H16F3N3O. The fourth-order valence-electron chi connectivity index (χ4n) is 2.13. The summed E-state index contributed by atoms with van der Waals surface area (Å²) in [6.07, 6.45) is -2.31. The fraction of sp³-hybridized carbons (Fsp3) is 0.235. The molecule has 0 aromatic heterocycles. The van der Waals surface area contributed by atoms with Gasteiger partial charge >= 0.3 is 12.2 Å². The van der Waals surface area contributed by atoms with Gasteiger partial charge in [-0.3, -0.25) is 0 Å². The molecule has 4 nitrogen and oxygen atoms in total. The molecule has 0 radical (unpaired) electrons. The normalized spacial score (nSPS) is 14.1. The molecule has 7 heteroatoms. The second kappa shape index (κ2) is 6.43. The van der Waals surface area contributed by atoms with E-state index >= 15 is 0 Å². The third-order valence-corrected chi connectivity index (χ3v) is 3.56. The molecule has 0 bridgehead atoms. The van der Waals surface area contributed by atoms with E-state index in [4.69, 9.17) is 0 Å². The van der Waals surface area contributed by atoms with Crippen molar-refractivity contribution in [3.05, 3.63) is 54.1 Å². The highest BCUT2D eigenvalue weighted by Crippen LogP contribution is 2.30. The zero-order valence-corrected chi connectivity index (χ0v) is 12.7. The third kappa shape index (κ3) is 4.41. The van der Waals surface area contributed by atoms with Gasteiger partial charge in [-0.25, -0.2) is 4.79 Å². The molecule has 0 spiro atoms. The summed E-state index contributed by atoms with van der Waals surface area (Å²) >= 11 is 0. The van der Waals surface area contributed by atoms with E-state index in [2.05, 4.69) is 16.0 Å². The van der Waals surface area contributed by atoms with Crippen LogP contribution in [0.25, 0.3) is 0 Å².